The van der Waals surface area contributed by atoms with E-state index in [0.717, 1.165) is 25.7 Å². The van der Waals surface area contributed by atoms with E-state index >= 15 is 0 Å². The van der Waals surface area contributed by atoms with Gasteiger partial charge in [-0.25, -0.2) is 13.4 Å². The van der Waals surface area contributed by atoms with E-state index in [4.69, 9.17) is 23.2 Å². The molecule has 0 bridgehead atoms. The number of sulfonamides is 1. The van der Waals surface area contributed by atoms with Crippen LogP contribution in [0, 0.1) is 5.92 Å². The maximum atomic E-state index is 12.8. The van der Waals surface area contributed by atoms with Gasteiger partial charge < -0.3 is 0 Å². The third-order valence-electron chi connectivity index (χ3n) is 4.57. The van der Waals surface area contributed by atoms with Crippen LogP contribution >= 0.6 is 23.2 Å². The van der Waals surface area contributed by atoms with Gasteiger partial charge in [-0.15, -0.1) is 0 Å². The van der Waals surface area contributed by atoms with Crippen molar-refractivity contribution in [3.05, 3.63) is 22.4 Å². The van der Waals surface area contributed by atoms with Gasteiger partial charge in [-0.1, -0.05) is 36.0 Å². The summed E-state index contributed by atoms with van der Waals surface area (Å²) >= 11 is 11.7. The Hall–Kier alpha value is -0.360. The van der Waals surface area contributed by atoms with Crippen LogP contribution in [0.4, 0.5) is 0 Å². The van der Waals surface area contributed by atoms with Gasteiger partial charge in [0.2, 0.25) is 10.0 Å². The van der Waals surface area contributed by atoms with Gasteiger partial charge in [0, 0.05) is 18.8 Å². The SMILES string of the molecule is O=S(=O)(c1cnc(Cl)c(Cl)c1)N1CCCC1C1CCCC1. The van der Waals surface area contributed by atoms with Crippen molar-refractivity contribution in [2.75, 3.05) is 6.54 Å². The van der Waals surface area contributed by atoms with Crippen LogP contribution in [-0.2, 0) is 10.0 Å². The molecule has 1 aromatic rings. The Morgan fingerprint density at radius 2 is 1.86 bits per heavy atom. The summed E-state index contributed by atoms with van der Waals surface area (Å²) in [5.74, 6) is 0.498. The number of hydrogen-bond acceptors (Lipinski definition) is 3. The quantitative estimate of drug-likeness (QED) is 0.782. The predicted molar refractivity (Wildman–Crippen MR) is 83.1 cm³/mol. The molecular weight excluding hydrogens is 331 g/mol. The molecule has 0 spiro atoms. The highest BCUT2D eigenvalue weighted by Gasteiger charge is 2.40. The van der Waals surface area contributed by atoms with Crippen LogP contribution < -0.4 is 0 Å². The zero-order valence-corrected chi connectivity index (χ0v) is 14.0. The van der Waals surface area contributed by atoms with Crippen molar-refractivity contribution in [2.45, 2.75) is 49.5 Å². The second kappa shape index (κ2) is 6.03. The lowest BCUT2D eigenvalue weighted by Gasteiger charge is -2.28. The zero-order chi connectivity index (χ0) is 15.0. The molecule has 1 atom stereocenters. The summed E-state index contributed by atoms with van der Waals surface area (Å²) in [5, 5.41) is 0.304. The number of rotatable bonds is 3. The number of hydrogen-bond donors (Lipinski definition) is 0. The Bertz CT molecular complexity index is 630. The fourth-order valence-corrected chi connectivity index (χ4v) is 5.62. The lowest BCUT2D eigenvalue weighted by atomic mass is 9.97. The predicted octanol–water partition coefficient (Wildman–Crippen LogP) is 3.73. The molecule has 116 valence electrons. The van der Waals surface area contributed by atoms with Gasteiger partial charge in [-0.05, 0) is 37.7 Å². The first-order valence-electron chi connectivity index (χ1n) is 7.33. The van der Waals surface area contributed by atoms with Crippen LogP contribution in [0.25, 0.3) is 0 Å². The van der Waals surface area contributed by atoms with Gasteiger partial charge in [0.05, 0.1) is 5.02 Å². The number of halogens is 2. The van der Waals surface area contributed by atoms with Crippen molar-refractivity contribution in [3.8, 4) is 0 Å². The largest absolute Gasteiger partial charge is 0.244 e. The fourth-order valence-electron chi connectivity index (χ4n) is 3.56. The summed E-state index contributed by atoms with van der Waals surface area (Å²) in [7, 11) is -3.54. The molecule has 0 aromatic carbocycles. The first-order chi connectivity index (χ1) is 10.00. The van der Waals surface area contributed by atoms with Crippen LogP contribution in [0.3, 0.4) is 0 Å². The van der Waals surface area contributed by atoms with E-state index in [1.54, 1.807) is 4.31 Å². The first-order valence-corrected chi connectivity index (χ1v) is 9.52. The Kier molecular flexibility index (Phi) is 4.46. The highest BCUT2D eigenvalue weighted by molar-refractivity contribution is 7.89. The maximum absolute atomic E-state index is 12.8. The molecule has 2 heterocycles. The van der Waals surface area contributed by atoms with Crippen LogP contribution in [0.2, 0.25) is 10.2 Å². The topological polar surface area (TPSA) is 50.3 Å². The molecule has 0 N–H and O–H groups in total. The molecule has 1 aliphatic heterocycles. The lowest BCUT2D eigenvalue weighted by Crippen LogP contribution is -2.39. The molecular formula is C14H18Cl2N2O2S. The Balaban J connectivity index is 1.91. The van der Waals surface area contributed by atoms with Crippen molar-refractivity contribution >= 4 is 33.2 Å². The fraction of sp³-hybridized carbons (Fsp3) is 0.643. The van der Waals surface area contributed by atoms with Gasteiger partial charge in [0.15, 0.2) is 0 Å². The van der Waals surface area contributed by atoms with E-state index in [9.17, 15) is 8.42 Å². The second-order valence-electron chi connectivity index (χ2n) is 5.81. The molecule has 1 aliphatic carbocycles. The third-order valence-corrected chi connectivity index (χ3v) is 7.15. The van der Waals surface area contributed by atoms with Gasteiger partial charge in [-0.2, -0.15) is 4.31 Å². The summed E-state index contributed by atoms with van der Waals surface area (Å²) in [6.45, 7) is 0.587. The normalized spacial score (nSPS) is 24.8. The maximum Gasteiger partial charge on any atom is 0.244 e. The molecule has 1 saturated heterocycles. The summed E-state index contributed by atoms with van der Waals surface area (Å²) < 4.78 is 27.4. The molecule has 1 saturated carbocycles. The third kappa shape index (κ3) is 2.93. The molecule has 7 heteroatoms. The van der Waals surface area contributed by atoms with Gasteiger partial charge in [0.25, 0.3) is 0 Å². The van der Waals surface area contributed by atoms with Crippen LogP contribution in [0.5, 0.6) is 0 Å². The highest BCUT2D eigenvalue weighted by Crippen LogP contribution is 2.38. The zero-order valence-electron chi connectivity index (χ0n) is 11.6. The summed E-state index contributed by atoms with van der Waals surface area (Å²) in [4.78, 5) is 4.01. The molecule has 3 rings (SSSR count). The Labute approximate surface area is 135 Å². The van der Waals surface area contributed by atoms with Crippen LogP contribution in [0.1, 0.15) is 38.5 Å². The van der Waals surface area contributed by atoms with E-state index in [0.29, 0.717) is 12.5 Å². The molecule has 2 fully saturated rings. The van der Waals surface area contributed by atoms with Crippen molar-refractivity contribution in [1.82, 2.24) is 9.29 Å². The van der Waals surface area contributed by atoms with E-state index in [2.05, 4.69) is 4.98 Å². The number of pyridine rings is 1. The van der Waals surface area contributed by atoms with E-state index in [1.807, 2.05) is 0 Å². The molecule has 4 nitrogen and oxygen atoms in total. The molecule has 0 radical (unpaired) electrons. The first kappa shape index (κ1) is 15.5. The molecule has 1 aromatic heterocycles. The van der Waals surface area contributed by atoms with Crippen molar-refractivity contribution < 1.29 is 8.42 Å². The van der Waals surface area contributed by atoms with Crippen molar-refractivity contribution in [1.29, 1.82) is 0 Å². The lowest BCUT2D eigenvalue weighted by molar-refractivity contribution is 0.288. The van der Waals surface area contributed by atoms with Crippen LogP contribution in [-0.4, -0.2) is 30.3 Å². The summed E-state index contributed by atoms with van der Waals surface area (Å²) in [5.41, 5.74) is 0. The summed E-state index contributed by atoms with van der Waals surface area (Å²) in [6, 6.07) is 1.53. The van der Waals surface area contributed by atoms with Crippen molar-refractivity contribution in [3.63, 3.8) is 0 Å². The number of nitrogens with zero attached hydrogens (tertiary/aromatic N) is 2. The standard InChI is InChI=1S/C14H18Cl2N2O2S/c15-12-8-11(9-17-14(12)16)21(19,20)18-7-3-6-13(18)10-4-1-2-5-10/h8-10,13H,1-7H2. The number of aromatic nitrogens is 1. The minimum absolute atomic E-state index is 0.129. The van der Waals surface area contributed by atoms with E-state index < -0.39 is 10.0 Å². The minimum Gasteiger partial charge on any atom is -0.242 e. The average Bonchev–Trinajstić information content (AvgIpc) is 3.11. The van der Waals surface area contributed by atoms with Crippen LogP contribution in [0.15, 0.2) is 17.2 Å². The molecule has 21 heavy (non-hydrogen) atoms. The van der Waals surface area contributed by atoms with E-state index in [-0.39, 0.29) is 21.1 Å². The Morgan fingerprint density at radius 3 is 2.52 bits per heavy atom. The molecule has 2 aliphatic rings. The smallest absolute Gasteiger partial charge is 0.242 e. The monoisotopic (exact) mass is 348 g/mol. The molecule has 1 unspecified atom stereocenters. The van der Waals surface area contributed by atoms with E-state index in [1.165, 1.54) is 25.1 Å². The molecule has 0 amide bonds. The highest BCUT2D eigenvalue weighted by atomic mass is 35.5. The average molecular weight is 349 g/mol. The second-order valence-corrected chi connectivity index (χ2v) is 8.47. The minimum atomic E-state index is -3.54. The van der Waals surface area contributed by atoms with Crippen molar-refractivity contribution in [2.24, 2.45) is 5.92 Å². The Morgan fingerprint density at radius 1 is 1.14 bits per heavy atom. The van der Waals surface area contributed by atoms with Gasteiger partial charge >= 0.3 is 0 Å². The summed E-state index contributed by atoms with van der Waals surface area (Å²) in [6.07, 6.45) is 7.88. The van der Waals surface area contributed by atoms with Gasteiger partial charge in [0.1, 0.15) is 10.0 Å². The van der Waals surface area contributed by atoms with Gasteiger partial charge in [-0.3, -0.25) is 0 Å².